The molecule has 1 aromatic rings. The molecule has 0 unspecified atom stereocenters. The molecule has 0 bridgehead atoms. The van der Waals surface area contributed by atoms with Crippen LogP contribution in [0.5, 0.6) is 0 Å². The molecule has 19 heavy (non-hydrogen) atoms. The maximum atomic E-state index is 3.78. The van der Waals surface area contributed by atoms with Gasteiger partial charge >= 0.3 is 0 Å². The van der Waals surface area contributed by atoms with E-state index in [2.05, 4.69) is 49.6 Å². The van der Waals surface area contributed by atoms with E-state index in [0.29, 0.717) is 17.5 Å². The summed E-state index contributed by atoms with van der Waals surface area (Å²) in [5.41, 5.74) is 5.01. The third kappa shape index (κ3) is 2.32. The van der Waals surface area contributed by atoms with Crippen molar-refractivity contribution in [3.63, 3.8) is 0 Å². The Balaban J connectivity index is 1.99. The Morgan fingerprint density at radius 1 is 1.26 bits per heavy atom. The fourth-order valence-electron chi connectivity index (χ4n) is 3.99. The summed E-state index contributed by atoms with van der Waals surface area (Å²) in [5.74, 6) is 0. The summed E-state index contributed by atoms with van der Waals surface area (Å²) in [6.07, 6.45) is 3.87. The maximum absolute atomic E-state index is 3.78. The monoisotopic (exact) mass is 258 g/mol. The molecule has 1 atom stereocenters. The van der Waals surface area contributed by atoms with Gasteiger partial charge in [0.05, 0.1) is 0 Å². The number of piperidine rings is 1. The molecule has 3 rings (SSSR count). The topological polar surface area (TPSA) is 24.1 Å². The van der Waals surface area contributed by atoms with E-state index in [4.69, 9.17) is 0 Å². The standard InChI is InChI=1S/C17H26N2/c1-12(2)19-16-11-17(6-8-18-9-7-17)15-5-4-13(3)10-14(15)16/h4-5,10,12,16,18-19H,6-9,11H2,1-3H3/t16-/m1/s1. The number of nitrogens with one attached hydrogen (secondary N) is 2. The van der Waals surface area contributed by atoms with E-state index in [-0.39, 0.29) is 0 Å². The summed E-state index contributed by atoms with van der Waals surface area (Å²) in [6.45, 7) is 9.05. The molecule has 1 aliphatic heterocycles. The average molecular weight is 258 g/mol. The van der Waals surface area contributed by atoms with Crippen molar-refractivity contribution < 1.29 is 0 Å². The smallest absolute Gasteiger partial charge is 0.0333 e. The molecule has 1 aliphatic carbocycles. The van der Waals surface area contributed by atoms with E-state index in [1.165, 1.54) is 37.9 Å². The molecular formula is C17H26N2. The van der Waals surface area contributed by atoms with Gasteiger partial charge in [-0.3, -0.25) is 0 Å². The van der Waals surface area contributed by atoms with Gasteiger partial charge in [-0.15, -0.1) is 0 Å². The minimum Gasteiger partial charge on any atom is -0.317 e. The van der Waals surface area contributed by atoms with Gasteiger partial charge in [-0.25, -0.2) is 0 Å². The van der Waals surface area contributed by atoms with Gasteiger partial charge in [-0.05, 0) is 55.8 Å². The van der Waals surface area contributed by atoms with Gasteiger partial charge in [-0.2, -0.15) is 0 Å². The van der Waals surface area contributed by atoms with Crippen molar-refractivity contribution in [2.75, 3.05) is 13.1 Å². The summed E-state index contributed by atoms with van der Waals surface area (Å²) in [4.78, 5) is 0. The van der Waals surface area contributed by atoms with Gasteiger partial charge in [-0.1, -0.05) is 37.6 Å². The van der Waals surface area contributed by atoms with Crippen molar-refractivity contribution in [3.05, 3.63) is 34.9 Å². The first-order chi connectivity index (χ1) is 9.11. The molecule has 1 spiro atoms. The highest BCUT2D eigenvalue weighted by Crippen LogP contribution is 2.50. The first kappa shape index (κ1) is 13.1. The normalized spacial score (nSPS) is 24.9. The highest BCUT2D eigenvalue weighted by atomic mass is 15.0. The molecule has 0 amide bonds. The molecule has 0 aromatic heterocycles. The Kier molecular flexibility index (Phi) is 3.40. The SMILES string of the molecule is Cc1ccc2c(c1)[C@H](NC(C)C)CC21CCNCC1. The second kappa shape index (κ2) is 4.92. The quantitative estimate of drug-likeness (QED) is 0.852. The van der Waals surface area contributed by atoms with Gasteiger partial charge in [0, 0.05) is 12.1 Å². The van der Waals surface area contributed by atoms with Gasteiger partial charge in [0.2, 0.25) is 0 Å². The predicted molar refractivity (Wildman–Crippen MR) is 80.6 cm³/mol. The largest absolute Gasteiger partial charge is 0.317 e. The Bertz CT molecular complexity index is 458. The number of hydrogen-bond acceptors (Lipinski definition) is 2. The Morgan fingerprint density at radius 3 is 2.68 bits per heavy atom. The molecule has 0 saturated carbocycles. The second-order valence-electron chi connectivity index (χ2n) is 6.70. The minimum atomic E-state index is 0.431. The summed E-state index contributed by atoms with van der Waals surface area (Å²) in [5, 5.41) is 7.29. The lowest BCUT2D eigenvalue weighted by Crippen LogP contribution is -2.39. The lowest BCUT2D eigenvalue weighted by molar-refractivity contribution is 0.278. The van der Waals surface area contributed by atoms with Crippen LogP contribution >= 0.6 is 0 Å². The van der Waals surface area contributed by atoms with Crippen LogP contribution in [0.1, 0.15) is 55.8 Å². The second-order valence-corrected chi connectivity index (χ2v) is 6.70. The van der Waals surface area contributed by atoms with Crippen molar-refractivity contribution in [3.8, 4) is 0 Å². The van der Waals surface area contributed by atoms with Crippen LogP contribution < -0.4 is 10.6 Å². The zero-order chi connectivity index (χ0) is 13.5. The molecule has 2 aliphatic rings. The van der Waals surface area contributed by atoms with E-state index < -0.39 is 0 Å². The Labute approximate surface area is 117 Å². The van der Waals surface area contributed by atoms with E-state index in [1.54, 1.807) is 11.1 Å². The zero-order valence-corrected chi connectivity index (χ0v) is 12.4. The number of fused-ring (bicyclic) bond motifs is 2. The number of rotatable bonds is 2. The fraction of sp³-hybridized carbons (Fsp3) is 0.647. The van der Waals surface area contributed by atoms with Crippen LogP contribution in [-0.2, 0) is 5.41 Å². The molecule has 1 heterocycles. The molecule has 1 aromatic carbocycles. The number of benzene rings is 1. The molecule has 2 nitrogen and oxygen atoms in total. The van der Waals surface area contributed by atoms with Crippen LogP contribution in [-0.4, -0.2) is 19.1 Å². The highest BCUT2D eigenvalue weighted by Gasteiger charge is 2.44. The Hall–Kier alpha value is -0.860. The van der Waals surface area contributed by atoms with E-state index in [0.717, 1.165) is 0 Å². The lowest BCUT2D eigenvalue weighted by atomic mass is 9.74. The van der Waals surface area contributed by atoms with E-state index in [9.17, 15) is 0 Å². The van der Waals surface area contributed by atoms with Gasteiger partial charge in [0.15, 0.2) is 0 Å². The summed E-state index contributed by atoms with van der Waals surface area (Å²) < 4.78 is 0. The first-order valence-corrected chi connectivity index (χ1v) is 7.68. The average Bonchev–Trinajstić information content (AvgIpc) is 2.63. The summed E-state index contributed by atoms with van der Waals surface area (Å²) in [6, 6.07) is 8.20. The molecule has 104 valence electrons. The maximum Gasteiger partial charge on any atom is 0.0333 e. The Morgan fingerprint density at radius 2 is 2.00 bits per heavy atom. The van der Waals surface area contributed by atoms with Crippen molar-refractivity contribution in [1.29, 1.82) is 0 Å². The zero-order valence-electron chi connectivity index (χ0n) is 12.4. The van der Waals surface area contributed by atoms with Crippen LogP contribution in [0.3, 0.4) is 0 Å². The van der Waals surface area contributed by atoms with Crippen LogP contribution in [0, 0.1) is 6.92 Å². The summed E-state index contributed by atoms with van der Waals surface area (Å²) >= 11 is 0. The molecule has 2 heteroatoms. The van der Waals surface area contributed by atoms with Crippen LogP contribution in [0.15, 0.2) is 18.2 Å². The van der Waals surface area contributed by atoms with Gasteiger partial charge < -0.3 is 10.6 Å². The van der Waals surface area contributed by atoms with Gasteiger partial charge in [0.25, 0.3) is 0 Å². The molecular weight excluding hydrogens is 232 g/mol. The number of aryl methyl sites for hydroxylation is 1. The number of hydrogen-bond donors (Lipinski definition) is 2. The minimum absolute atomic E-state index is 0.431. The van der Waals surface area contributed by atoms with Crippen molar-refractivity contribution in [2.24, 2.45) is 0 Å². The molecule has 2 N–H and O–H groups in total. The molecule has 1 saturated heterocycles. The van der Waals surface area contributed by atoms with Crippen LogP contribution in [0.25, 0.3) is 0 Å². The van der Waals surface area contributed by atoms with Crippen LogP contribution in [0.4, 0.5) is 0 Å². The third-order valence-corrected chi connectivity index (χ3v) is 4.84. The fourth-order valence-corrected chi connectivity index (χ4v) is 3.99. The first-order valence-electron chi connectivity index (χ1n) is 7.68. The van der Waals surface area contributed by atoms with Crippen molar-refractivity contribution in [2.45, 2.75) is 57.5 Å². The third-order valence-electron chi connectivity index (χ3n) is 4.84. The van der Waals surface area contributed by atoms with Crippen LogP contribution in [0.2, 0.25) is 0 Å². The predicted octanol–water partition coefficient (Wildman–Crippen LogP) is 3.06. The van der Waals surface area contributed by atoms with Crippen molar-refractivity contribution >= 4 is 0 Å². The van der Waals surface area contributed by atoms with Gasteiger partial charge in [0.1, 0.15) is 0 Å². The van der Waals surface area contributed by atoms with E-state index in [1.807, 2.05) is 0 Å². The summed E-state index contributed by atoms with van der Waals surface area (Å²) in [7, 11) is 0. The highest BCUT2D eigenvalue weighted by molar-refractivity contribution is 5.44. The van der Waals surface area contributed by atoms with E-state index >= 15 is 0 Å². The lowest BCUT2D eigenvalue weighted by Gasteiger charge is -2.35. The molecule has 1 fully saturated rings. The van der Waals surface area contributed by atoms with Crippen molar-refractivity contribution in [1.82, 2.24) is 10.6 Å². The molecule has 0 radical (unpaired) electrons.